The highest BCUT2D eigenvalue weighted by Gasteiger charge is 2.24. The predicted molar refractivity (Wildman–Crippen MR) is 123 cm³/mol. The summed E-state index contributed by atoms with van der Waals surface area (Å²) >= 11 is 0. The molecule has 1 saturated heterocycles. The molecule has 1 fully saturated rings. The number of nitrogens with one attached hydrogen (secondary N) is 1. The van der Waals surface area contributed by atoms with E-state index in [1.165, 1.54) is 9.47 Å². The lowest BCUT2D eigenvalue weighted by molar-refractivity contribution is -0.120. The average Bonchev–Trinajstić information content (AvgIpc) is 3.30. The van der Waals surface area contributed by atoms with Gasteiger partial charge in [0, 0.05) is 13.2 Å². The van der Waals surface area contributed by atoms with E-state index in [2.05, 4.69) is 4.98 Å². The van der Waals surface area contributed by atoms with Crippen LogP contribution in [0.2, 0.25) is 0 Å². The quantitative estimate of drug-likeness (QED) is 0.512. The highest BCUT2D eigenvalue weighted by atomic mass is 16.5. The number of hydrogen-bond donors (Lipinski definition) is 2. The number of nitrogen functional groups attached to an aromatic ring is 1. The maximum absolute atomic E-state index is 13.2. The van der Waals surface area contributed by atoms with E-state index in [-0.39, 0.29) is 43.1 Å². The Morgan fingerprint density at radius 2 is 2.09 bits per heavy atom. The summed E-state index contributed by atoms with van der Waals surface area (Å²) in [5.41, 5.74) is 5.84. The lowest BCUT2D eigenvalue weighted by Crippen LogP contribution is -2.41. The minimum absolute atomic E-state index is 0.00300. The first-order valence-corrected chi connectivity index (χ1v) is 11.2. The molecular weight excluding hydrogens is 412 g/mol. The zero-order valence-corrected chi connectivity index (χ0v) is 18.5. The number of carbonyl (C=O) groups is 1. The Hall–Kier alpha value is -2.91. The Morgan fingerprint density at radius 3 is 2.78 bits per heavy atom. The van der Waals surface area contributed by atoms with Gasteiger partial charge in [0.1, 0.15) is 5.82 Å². The molecule has 1 unspecified atom stereocenters. The molecule has 0 bridgehead atoms. The molecular formula is C23H32N4O5. The van der Waals surface area contributed by atoms with Crippen LogP contribution in [-0.2, 0) is 27.4 Å². The minimum Gasteiger partial charge on any atom is -0.383 e. The van der Waals surface area contributed by atoms with E-state index < -0.39 is 11.2 Å². The van der Waals surface area contributed by atoms with Crippen LogP contribution in [0, 0.1) is 0 Å². The third-order valence-electron chi connectivity index (χ3n) is 5.49. The van der Waals surface area contributed by atoms with Crippen LogP contribution >= 0.6 is 0 Å². The van der Waals surface area contributed by atoms with E-state index in [9.17, 15) is 14.4 Å². The standard InChI is InChI=1S/C23H32N4O5/c1-2-3-12-26-21(24)20(22(29)25-23(26)30)27(15-17-8-5-4-6-9-17)19(28)11-14-31-16-18-10-7-13-32-18/h4-6,8-9,18H,2-3,7,10-16,24H2,1H3,(H,25,29,30). The topological polar surface area (TPSA) is 120 Å². The maximum Gasteiger partial charge on any atom is 0.330 e. The number of benzene rings is 1. The first-order chi connectivity index (χ1) is 15.5. The number of nitrogens with zero attached hydrogens (tertiary/aromatic N) is 2. The molecule has 1 aliphatic rings. The first-order valence-electron chi connectivity index (χ1n) is 11.2. The second kappa shape index (κ2) is 11.6. The van der Waals surface area contributed by atoms with E-state index in [4.69, 9.17) is 15.2 Å². The molecule has 174 valence electrons. The maximum atomic E-state index is 13.2. The number of amides is 1. The van der Waals surface area contributed by atoms with Gasteiger partial charge < -0.3 is 15.2 Å². The van der Waals surface area contributed by atoms with E-state index in [1.54, 1.807) is 0 Å². The van der Waals surface area contributed by atoms with Crippen LogP contribution in [-0.4, -0.2) is 41.4 Å². The largest absolute Gasteiger partial charge is 0.383 e. The third kappa shape index (κ3) is 6.08. The molecule has 1 aromatic carbocycles. The molecule has 0 radical (unpaired) electrons. The van der Waals surface area contributed by atoms with Crippen LogP contribution in [0.25, 0.3) is 0 Å². The number of ether oxygens (including phenoxy) is 2. The molecule has 2 heterocycles. The monoisotopic (exact) mass is 444 g/mol. The van der Waals surface area contributed by atoms with Gasteiger partial charge in [-0.05, 0) is 24.8 Å². The SMILES string of the molecule is CCCCn1c(N)c(N(Cc2ccccc2)C(=O)CCOCC2CCCO2)c(=O)[nH]c1=O. The Morgan fingerprint density at radius 1 is 1.31 bits per heavy atom. The van der Waals surface area contributed by atoms with Crippen molar-refractivity contribution in [3.8, 4) is 0 Å². The minimum atomic E-state index is -0.676. The summed E-state index contributed by atoms with van der Waals surface area (Å²) < 4.78 is 12.5. The number of unbranched alkanes of at least 4 members (excludes halogenated alkanes) is 1. The number of nitrogens with two attached hydrogens (primary N) is 1. The number of anilines is 2. The summed E-state index contributed by atoms with van der Waals surface area (Å²) in [5, 5.41) is 0. The number of aromatic amines is 1. The predicted octanol–water partition coefficient (Wildman–Crippen LogP) is 2.04. The molecule has 9 heteroatoms. The van der Waals surface area contributed by atoms with Crippen LogP contribution < -0.4 is 21.9 Å². The summed E-state index contributed by atoms with van der Waals surface area (Å²) in [5.74, 6) is -0.309. The van der Waals surface area contributed by atoms with Gasteiger partial charge in [0.05, 0.1) is 32.3 Å². The molecule has 0 aliphatic carbocycles. The molecule has 1 atom stereocenters. The molecule has 32 heavy (non-hydrogen) atoms. The van der Waals surface area contributed by atoms with Crippen molar-refractivity contribution >= 4 is 17.4 Å². The van der Waals surface area contributed by atoms with Crippen molar-refractivity contribution in [1.82, 2.24) is 9.55 Å². The first kappa shape index (κ1) is 23.7. The van der Waals surface area contributed by atoms with Crippen molar-refractivity contribution in [2.24, 2.45) is 0 Å². The van der Waals surface area contributed by atoms with Crippen LogP contribution in [0.4, 0.5) is 11.5 Å². The van der Waals surface area contributed by atoms with Crippen molar-refractivity contribution in [2.75, 3.05) is 30.5 Å². The molecule has 1 aliphatic heterocycles. The highest BCUT2D eigenvalue weighted by molar-refractivity contribution is 5.95. The lowest BCUT2D eigenvalue weighted by atomic mass is 10.2. The molecule has 0 spiro atoms. The normalized spacial score (nSPS) is 15.7. The number of carbonyl (C=O) groups excluding carboxylic acids is 1. The summed E-state index contributed by atoms with van der Waals surface area (Å²) in [6, 6.07) is 9.33. The Labute approximate surface area is 187 Å². The zero-order chi connectivity index (χ0) is 22.9. The van der Waals surface area contributed by atoms with E-state index in [1.807, 2.05) is 37.3 Å². The number of rotatable bonds is 11. The molecule has 3 rings (SSSR count). The Balaban J connectivity index is 1.83. The smallest absolute Gasteiger partial charge is 0.330 e. The van der Waals surface area contributed by atoms with Gasteiger partial charge in [-0.2, -0.15) is 0 Å². The summed E-state index contributed by atoms with van der Waals surface area (Å²) in [6.07, 6.45) is 3.71. The van der Waals surface area contributed by atoms with Crippen LogP contribution in [0.15, 0.2) is 39.9 Å². The fourth-order valence-electron chi connectivity index (χ4n) is 3.72. The fourth-order valence-corrected chi connectivity index (χ4v) is 3.72. The summed E-state index contributed by atoms with van der Waals surface area (Å²) in [7, 11) is 0. The highest BCUT2D eigenvalue weighted by Crippen LogP contribution is 2.21. The number of aromatic nitrogens is 2. The molecule has 1 aromatic heterocycles. The lowest BCUT2D eigenvalue weighted by Gasteiger charge is -2.25. The Kier molecular flexibility index (Phi) is 8.64. The van der Waals surface area contributed by atoms with Crippen LogP contribution in [0.3, 0.4) is 0 Å². The van der Waals surface area contributed by atoms with Gasteiger partial charge in [-0.25, -0.2) is 4.79 Å². The number of H-pyrrole nitrogens is 1. The number of hydrogen-bond acceptors (Lipinski definition) is 6. The zero-order valence-electron chi connectivity index (χ0n) is 18.5. The van der Waals surface area contributed by atoms with E-state index in [0.717, 1.165) is 37.9 Å². The van der Waals surface area contributed by atoms with Crippen LogP contribution in [0.5, 0.6) is 0 Å². The van der Waals surface area contributed by atoms with Gasteiger partial charge in [0.25, 0.3) is 5.56 Å². The van der Waals surface area contributed by atoms with E-state index in [0.29, 0.717) is 13.2 Å². The van der Waals surface area contributed by atoms with Gasteiger partial charge in [-0.3, -0.25) is 24.0 Å². The van der Waals surface area contributed by atoms with Gasteiger partial charge in [0.15, 0.2) is 5.69 Å². The van der Waals surface area contributed by atoms with Crippen molar-refractivity contribution in [2.45, 2.75) is 58.2 Å². The van der Waals surface area contributed by atoms with Crippen molar-refractivity contribution < 1.29 is 14.3 Å². The van der Waals surface area contributed by atoms with E-state index >= 15 is 0 Å². The average molecular weight is 445 g/mol. The Bertz CT molecular complexity index is 996. The molecule has 9 nitrogen and oxygen atoms in total. The van der Waals surface area contributed by atoms with Crippen molar-refractivity contribution in [3.05, 3.63) is 56.7 Å². The molecule has 0 saturated carbocycles. The molecule has 1 amide bonds. The summed E-state index contributed by atoms with van der Waals surface area (Å²) in [6.45, 7) is 3.91. The fraction of sp³-hybridized carbons (Fsp3) is 0.522. The second-order valence-corrected chi connectivity index (χ2v) is 7.92. The van der Waals surface area contributed by atoms with Crippen molar-refractivity contribution in [1.29, 1.82) is 0 Å². The third-order valence-corrected chi connectivity index (χ3v) is 5.49. The molecule has 3 N–H and O–H groups in total. The van der Waals surface area contributed by atoms with Gasteiger partial charge >= 0.3 is 5.69 Å². The second-order valence-electron chi connectivity index (χ2n) is 7.92. The van der Waals surface area contributed by atoms with Crippen molar-refractivity contribution in [3.63, 3.8) is 0 Å². The molecule has 2 aromatic rings. The van der Waals surface area contributed by atoms with Gasteiger partial charge in [-0.15, -0.1) is 0 Å². The van der Waals surface area contributed by atoms with Crippen LogP contribution in [0.1, 0.15) is 44.6 Å². The summed E-state index contributed by atoms with van der Waals surface area (Å²) in [4.78, 5) is 41.9. The van der Waals surface area contributed by atoms with Gasteiger partial charge in [0.2, 0.25) is 5.91 Å². The van der Waals surface area contributed by atoms with Gasteiger partial charge in [-0.1, -0.05) is 43.7 Å².